The van der Waals surface area contributed by atoms with Crippen LogP contribution in [-0.4, -0.2) is 24.1 Å². The Labute approximate surface area is 81.7 Å². The Morgan fingerprint density at radius 2 is 1.83 bits per heavy atom. The van der Waals surface area contributed by atoms with Crippen molar-refractivity contribution in [3.63, 3.8) is 0 Å². The van der Waals surface area contributed by atoms with Crippen LogP contribution < -0.4 is 5.32 Å². The van der Waals surface area contributed by atoms with Gasteiger partial charge in [-0.3, -0.25) is 0 Å². The molecule has 0 aliphatic carbocycles. The smallest absolute Gasteiger partial charge is 0.0129 e. The zero-order chi connectivity index (χ0) is 9.40. The van der Waals surface area contributed by atoms with Gasteiger partial charge in [-0.2, -0.15) is 11.8 Å². The first-order valence-electron chi connectivity index (χ1n) is 5.01. The second-order valence-electron chi connectivity index (χ2n) is 3.51. The molecule has 0 saturated heterocycles. The molecular weight excluding hydrogens is 166 g/mol. The molecule has 12 heavy (non-hydrogen) atoms. The highest BCUT2D eigenvalue weighted by Gasteiger charge is 2.02. The quantitative estimate of drug-likeness (QED) is 0.661. The summed E-state index contributed by atoms with van der Waals surface area (Å²) in [7, 11) is 0. The Bertz CT molecular complexity index is 95.8. The average Bonchev–Trinajstić information content (AvgIpc) is 2.04. The zero-order valence-corrected chi connectivity index (χ0v) is 9.71. The van der Waals surface area contributed by atoms with Crippen molar-refractivity contribution in [2.75, 3.05) is 18.1 Å². The van der Waals surface area contributed by atoms with Crippen molar-refractivity contribution in [3.8, 4) is 0 Å². The highest BCUT2D eigenvalue weighted by molar-refractivity contribution is 7.99. The molecule has 0 heterocycles. The van der Waals surface area contributed by atoms with Crippen molar-refractivity contribution in [1.82, 2.24) is 5.32 Å². The van der Waals surface area contributed by atoms with E-state index < -0.39 is 0 Å². The summed E-state index contributed by atoms with van der Waals surface area (Å²) >= 11 is 2.07. The van der Waals surface area contributed by atoms with Gasteiger partial charge in [-0.25, -0.2) is 0 Å². The van der Waals surface area contributed by atoms with Crippen molar-refractivity contribution in [2.45, 2.75) is 40.2 Å². The molecule has 0 radical (unpaired) electrons. The Morgan fingerprint density at radius 1 is 1.17 bits per heavy atom. The second-order valence-corrected chi connectivity index (χ2v) is 4.58. The fourth-order valence-electron chi connectivity index (χ4n) is 0.971. The lowest BCUT2D eigenvalue weighted by atomic mass is 10.2. The monoisotopic (exact) mass is 189 g/mol. The average molecular weight is 189 g/mol. The summed E-state index contributed by atoms with van der Waals surface area (Å²) in [6.45, 7) is 10.1. The van der Waals surface area contributed by atoms with Crippen LogP contribution in [-0.2, 0) is 0 Å². The first kappa shape index (κ1) is 12.3. The van der Waals surface area contributed by atoms with Crippen molar-refractivity contribution in [3.05, 3.63) is 0 Å². The minimum absolute atomic E-state index is 0.670. The highest BCUT2D eigenvalue weighted by Crippen LogP contribution is 2.11. The highest BCUT2D eigenvalue weighted by atomic mass is 32.2. The van der Waals surface area contributed by atoms with Crippen LogP contribution in [0.4, 0.5) is 0 Å². The van der Waals surface area contributed by atoms with E-state index >= 15 is 0 Å². The van der Waals surface area contributed by atoms with Gasteiger partial charge in [0.2, 0.25) is 0 Å². The molecule has 0 fully saturated rings. The van der Waals surface area contributed by atoms with Gasteiger partial charge in [0.25, 0.3) is 0 Å². The number of nitrogens with one attached hydrogen (secondary N) is 1. The molecule has 0 spiro atoms. The molecule has 0 aliphatic heterocycles. The molecule has 2 atom stereocenters. The van der Waals surface area contributed by atoms with E-state index in [9.17, 15) is 0 Å². The van der Waals surface area contributed by atoms with Crippen LogP contribution in [0.25, 0.3) is 0 Å². The van der Waals surface area contributed by atoms with Crippen LogP contribution in [0.3, 0.4) is 0 Å². The van der Waals surface area contributed by atoms with E-state index in [-0.39, 0.29) is 0 Å². The van der Waals surface area contributed by atoms with Crippen molar-refractivity contribution in [2.24, 2.45) is 5.92 Å². The Balaban J connectivity index is 3.18. The Kier molecular flexibility index (Phi) is 8.14. The number of hydrogen-bond donors (Lipinski definition) is 1. The van der Waals surface area contributed by atoms with Gasteiger partial charge in [0.1, 0.15) is 0 Å². The van der Waals surface area contributed by atoms with Gasteiger partial charge in [0.15, 0.2) is 0 Å². The lowest BCUT2D eigenvalue weighted by molar-refractivity contribution is 0.613. The number of thioether (sulfide) groups is 1. The zero-order valence-electron chi connectivity index (χ0n) is 8.89. The molecule has 1 N–H and O–H groups in total. The molecule has 2 unspecified atom stereocenters. The minimum atomic E-state index is 0.670. The summed E-state index contributed by atoms with van der Waals surface area (Å²) in [6, 6.07) is 0.670. The van der Waals surface area contributed by atoms with E-state index in [2.05, 4.69) is 44.8 Å². The third-order valence-electron chi connectivity index (χ3n) is 2.02. The summed E-state index contributed by atoms with van der Waals surface area (Å²) in [5.41, 5.74) is 0. The molecule has 74 valence electrons. The van der Waals surface area contributed by atoms with Gasteiger partial charge in [-0.15, -0.1) is 0 Å². The maximum Gasteiger partial charge on any atom is 0.0129 e. The SMILES string of the molecule is CCNC(C)CSCC(C)CC. The molecule has 0 aromatic heterocycles. The molecule has 0 bridgehead atoms. The standard InChI is InChI=1S/C10H23NS/c1-5-9(3)7-12-8-10(4)11-6-2/h9-11H,5-8H2,1-4H3. The predicted octanol–water partition coefficient (Wildman–Crippen LogP) is 2.76. The van der Waals surface area contributed by atoms with Crippen molar-refractivity contribution < 1.29 is 0 Å². The maximum atomic E-state index is 3.42. The van der Waals surface area contributed by atoms with E-state index in [0.29, 0.717) is 6.04 Å². The molecule has 0 saturated carbocycles. The molecule has 0 aromatic rings. The van der Waals surface area contributed by atoms with Crippen LogP contribution in [0.1, 0.15) is 34.1 Å². The third-order valence-corrected chi connectivity index (χ3v) is 3.56. The molecule has 0 aliphatic rings. The molecule has 0 rings (SSSR count). The summed E-state index contributed by atoms with van der Waals surface area (Å²) in [6.07, 6.45) is 1.31. The van der Waals surface area contributed by atoms with Crippen LogP contribution in [0, 0.1) is 5.92 Å². The van der Waals surface area contributed by atoms with E-state index in [1.807, 2.05) is 0 Å². The van der Waals surface area contributed by atoms with Crippen LogP contribution in [0.5, 0.6) is 0 Å². The first-order valence-corrected chi connectivity index (χ1v) is 6.17. The van der Waals surface area contributed by atoms with Gasteiger partial charge in [0, 0.05) is 11.8 Å². The lowest BCUT2D eigenvalue weighted by Gasteiger charge is -2.13. The van der Waals surface area contributed by atoms with Gasteiger partial charge in [-0.1, -0.05) is 27.2 Å². The second kappa shape index (κ2) is 7.93. The molecule has 1 nitrogen and oxygen atoms in total. The molecule has 2 heteroatoms. The Hall–Kier alpha value is 0.310. The third kappa shape index (κ3) is 6.99. The summed E-state index contributed by atoms with van der Waals surface area (Å²) in [5.74, 6) is 3.44. The molecule has 0 aromatic carbocycles. The predicted molar refractivity (Wildman–Crippen MR) is 59.9 cm³/mol. The minimum Gasteiger partial charge on any atom is -0.314 e. The van der Waals surface area contributed by atoms with Crippen LogP contribution in [0.15, 0.2) is 0 Å². The fourth-order valence-corrected chi connectivity index (χ4v) is 2.22. The van der Waals surface area contributed by atoms with Gasteiger partial charge in [0.05, 0.1) is 0 Å². The Morgan fingerprint density at radius 3 is 2.33 bits per heavy atom. The van der Waals surface area contributed by atoms with Crippen molar-refractivity contribution in [1.29, 1.82) is 0 Å². The van der Waals surface area contributed by atoms with E-state index in [1.54, 1.807) is 0 Å². The van der Waals surface area contributed by atoms with Crippen LogP contribution >= 0.6 is 11.8 Å². The number of rotatable bonds is 7. The normalized spacial score (nSPS) is 16.0. The fraction of sp³-hybridized carbons (Fsp3) is 1.00. The van der Waals surface area contributed by atoms with Crippen molar-refractivity contribution >= 4 is 11.8 Å². The summed E-state index contributed by atoms with van der Waals surface area (Å²) in [4.78, 5) is 0. The van der Waals surface area contributed by atoms with E-state index in [4.69, 9.17) is 0 Å². The first-order chi connectivity index (χ1) is 5.70. The van der Waals surface area contributed by atoms with E-state index in [0.717, 1.165) is 12.5 Å². The largest absolute Gasteiger partial charge is 0.314 e. The maximum absolute atomic E-state index is 3.42. The lowest BCUT2D eigenvalue weighted by Crippen LogP contribution is -2.27. The van der Waals surface area contributed by atoms with Gasteiger partial charge in [-0.05, 0) is 25.1 Å². The topological polar surface area (TPSA) is 12.0 Å². The van der Waals surface area contributed by atoms with Gasteiger partial charge < -0.3 is 5.32 Å². The van der Waals surface area contributed by atoms with Crippen LogP contribution in [0.2, 0.25) is 0 Å². The molecular formula is C10H23NS. The van der Waals surface area contributed by atoms with E-state index in [1.165, 1.54) is 17.9 Å². The molecule has 0 amide bonds. The summed E-state index contributed by atoms with van der Waals surface area (Å²) < 4.78 is 0. The van der Waals surface area contributed by atoms with Gasteiger partial charge >= 0.3 is 0 Å². The number of hydrogen-bond acceptors (Lipinski definition) is 2. The summed E-state index contributed by atoms with van der Waals surface area (Å²) in [5, 5.41) is 3.42.